The van der Waals surface area contributed by atoms with Crippen molar-refractivity contribution in [2.45, 2.75) is 43.2 Å². The van der Waals surface area contributed by atoms with Crippen LogP contribution < -0.4 is 5.32 Å². The maximum atomic E-state index is 12.8. The standard InChI is InChI=1S/C21H23N3OS3/c1-13(2)17-12-8-9-14(3)18(17)22-19(25)15(4)27-20-23-24(21(26)28-20)16-10-6-5-7-11-16/h5-13,15H,1-4H3,(H,22,25). The number of carbonyl (C=O) groups is 1. The third-order valence-corrected chi connectivity index (χ3v) is 6.77. The summed E-state index contributed by atoms with van der Waals surface area (Å²) in [7, 11) is 0. The van der Waals surface area contributed by atoms with Crippen molar-refractivity contribution in [3.05, 3.63) is 63.6 Å². The fourth-order valence-corrected chi connectivity index (χ4v) is 5.32. The third kappa shape index (κ3) is 4.71. The molecule has 0 radical (unpaired) electrons. The number of aromatic nitrogens is 2. The van der Waals surface area contributed by atoms with Crippen LogP contribution in [0.4, 0.5) is 5.69 Å². The first-order valence-corrected chi connectivity index (χ1v) is 11.2. The molecule has 1 heterocycles. The molecular formula is C21H23N3OS3. The molecule has 0 aliphatic rings. The molecule has 0 saturated carbocycles. The van der Waals surface area contributed by atoms with E-state index < -0.39 is 0 Å². The van der Waals surface area contributed by atoms with E-state index in [1.807, 2.05) is 56.3 Å². The number of carbonyl (C=O) groups excluding carboxylic acids is 1. The molecule has 7 heteroatoms. The fourth-order valence-electron chi connectivity index (χ4n) is 2.81. The van der Waals surface area contributed by atoms with Crippen LogP contribution in [0, 0.1) is 10.9 Å². The number of nitrogens with one attached hydrogen (secondary N) is 1. The van der Waals surface area contributed by atoms with Crippen LogP contribution in [0.3, 0.4) is 0 Å². The molecule has 1 N–H and O–H groups in total. The van der Waals surface area contributed by atoms with Gasteiger partial charge in [-0.25, -0.2) is 4.68 Å². The number of thioether (sulfide) groups is 1. The summed E-state index contributed by atoms with van der Waals surface area (Å²) >= 11 is 8.30. The van der Waals surface area contributed by atoms with E-state index in [1.165, 1.54) is 23.1 Å². The zero-order valence-corrected chi connectivity index (χ0v) is 18.8. The predicted octanol–water partition coefficient (Wildman–Crippen LogP) is 6.21. The summed E-state index contributed by atoms with van der Waals surface area (Å²) in [5.74, 6) is 0.304. The van der Waals surface area contributed by atoms with Gasteiger partial charge in [-0.3, -0.25) is 4.79 Å². The van der Waals surface area contributed by atoms with E-state index in [4.69, 9.17) is 12.2 Å². The second kappa shape index (κ2) is 9.03. The zero-order chi connectivity index (χ0) is 20.3. The van der Waals surface area contributed by atoms with E-state index in [1.54, 1.807) is 4.68 Å². The summed E-state index contributed by atoms with van der Waals surface area (Å²) in [6.45, 7) is 8.17. The molecule has 3 rings (SSSR count). The van der Waals surface area contributed by atoms with Crippen molar-refractivity contribution in [1.82, 2.24) is 9.78 Å². The van der Waals surface area contributed by atoms with Crippen molar-refractivity contribution in [3.63, 3.8) is 0 Å². The van der Waals surface area contributed by atoms with Crippen LogP contribution in [-0.4, -0.2) is 20.9 Å². The normalized spacial score (nSPS) is 12.2. The zero-order valence-electron chi connectivity index (χ0n) is 16.3. The lowest BCUT2D eigenvalue weighted by Gasteiger charge is -2.18. The van der Waals surface area contributed by atoms with Gasteiger partial charge in [0.1, 0.15) is 0 Å². The minimum absolute atomic E-state index is 0.0337. The second-order valence-corrected chi connectivity index (χ2v) is 10.0. The first-order chi connectivity index (χ1) is 13.4. The Labute approximate surface area is 179 Å². The Hall–Kier alpha value is -1.96. The van der Waals surface area contributed by atoms with E-state index >= 15 is 0 Å². The topological polar surface area (TPSA) is 46.9 Å². The van der Waals surface area contributed by atoms with Crippen LogP contribution in [-0.2, 0) is 4.79 Å². The van der Waals surface area contributed by atoms with Gasteiger partial charge in [0.15, 0.2) is 8.29 Å². The van der Waals surface area contributed by atoms with Gasteiger partial charge in [-0.1, -0.05) is 73.3 Å². The van der Waals surface area contributed by atoms with Gasteiger partial charge in [0.2, 0.25) is 5.91 Å². The van der Waals surface area contributed by atoms with Crippen LogP contribution >= 0.6 is 35.3 Å². The molecule has 0 saturated heterocycles. The maximum Gasteiger partial charge on any atom is 0.237 e. The molecule has 2 aromatic carbocycles. The Kier molecular flexibility index (Phi) is 6.69. The van der Waals surface area contributed by atoms with Crippen molar-refractivity contribution in [3.8, 4) is 5.69 Å². The van der Waals surface area contributed by atoms with Crippen molar-refractivity contribution in [2.75, 3.05) is 5.32 Å². The largest absolute Gasteiger partial charge is 0.325 e. The van der Waals surface area contributed by atoms with E-state index in [9.17, 15) is 4.79 Å². The summed E-state index contributed by atoms with van der Waals surface area (Å²) in [6.07, 6.45) is 0. The van der Waals surface area contributed by atoms with Crippen LogP contribution in [0.2, 0.25) is 0 Å². The Morgan fingerprint density at radius 3 is 2.54 bits per heavy atom. The lowest BCUT2D eigenvalue weighted by atomic mass is 9.98. The van der Waals surface area contributed by atoms with Gasteiger partial charge in [-0.15, -0.1) is 5.10 Å². The van der Waals surface area contributed by atoms with E-state index in [2.05, 4.69) is 30.3 Å². The van der Waals surface area contributed by atoms with Crippen LogP contribution in [0.5, 0.6) is 0 Å². The molecule has 1 aromatic heterocycles. The quantitative estimate of drug-likeness (QED) is 0.373. The molecule has 3 aromatic rings. The first kappa shape index (κ1) is 20.8. The summed E-state index contributed by atoms with van der Waals surface area (Å²) in [4.78, 5) is 12.8. The molecule has 0 bridgehead atoms. The van der Waals surface area contributed by atoms with Crippen LogP contribution in [0.1, 0.15) is 37.8 Å². The minimum Gasteiger partial charge on any atom is -0.325 e. The average molecular weight is 430 g/mol. The second-order valence-electron chi connectivity index (χ2n) is 6.82. The molecule has 0 aliphatic carbocycles. The number of para-hydroxylation sites is 2. The van der Waals surface area contributed by atoms with Crippen LogP contribution in [0.15, 0.2) is 52.9 Å². The average Bonchev–Trinajstić information content (AvgIpc) is 3.03. The van der Waals surface area contributed by atoms with E-state index in [0.717, 1.165) is 26.8 Å². The number of benzene rings is 2. The van der Waals surface area contributed by atoms with Crippen molar-refractivity contribution in [1.29, 1.82) is 0 Å². The smallest absolute Gasteiger partial charge is 0.237 e. The Balaban J connectivity index is 1.75. The monoisotopic (exact) mass is 429 g/mol. The SMILES string of the molecule is Cc1cccc(C(C)C)c1NC(=O)C(C)Sc1nn(-c2ccccc2)c(=S)s1. The molecule has 0 fully saturated rings. The minimum atomic E-state index is -0.288. The highest BCUT2D eigenvalue weighted by molar-refractivity contribution is 8.02. The number of hydrogen-bond donors (Lipinski definition) is 1. The summed E-state index contributed by atoms with van der Waals surface area (Å²) in [6, 6.07) is 15.9. The summed E-state index contributed by atoms with van der Waals surface area (Å²) < 4.78 is 3.19. The molecule has 4 nitrogen and oxygen atoms in total. The van der Waals surface area contributed by atoms with Gasteiger partial charge in [-0.2, -0.15) is 0 Å². The number of anilines is 1. The Morgan fingerprint density at radius 1 is 1.14 bits per heavy atom. The highest BCUT2D eigenvalue weighted by atomic mass is 32.2. The fraction of sp³-hybridized carbons (Fsp3) is 0.286. The molecule has 146 valence electrons. The highest BCUT2D eigenvalue weighted by Gasteiger charge is 2.20. The number of rotatable bonds is 6. The van der Waals surface area contributed by atoms with Crippen LogP contribution in [0.25, 0.3) is 5.69 Å². The third-order valence-electron chi connectivity index (χ3n) is 4.35. The number of nitrogens with zero attached hydrogens (tertiary/aromatic N) is 2. The van der Waals surface area contributed by atoms with Gasteiger partial charge < -0.3 is 5.32 Å². The number of hydrogen-bond acceptors (Lipinski definition) is 5. The van der Waals surface area contributed by atoms with E-state index in [-0.39, 0.29) is 11.2 Å². The molecule has 1 unspecified atom stereocenters. The van der Waals surface area contributed by atoms with E-state index in [0.29, 0.717) is 9.87 Å². The van der Waals surface area contributed by atoms with Gasteiger partial charge >= 0.3 is 0 Å². The van der Waals surface area contributed by atoms with Gasteiger partial charge in [0.05, 0.1) is 10.9 Å². The molecule has 28 heavy (non-hydrogen) atoms. The van der Waals surface area contributed by atoms with Gasteiger partial charge in [0.25, 0.3) is 0 Å². The number of aryl methyl sites for hydroxylation is 1. The molecule has 0 spiro atoms. The van der Waals surface area contributed by atoms with Crippen molar-refractivity contribution in [2.24, 2.45) is 0 Å². The molecule has 1 amide bonds. The molecular weight excluding hydrogens is 406 g/mol. The molecule has 1 atom stereocenters. The lowest BCUT2D eigenvalue weighted by Crippen LogP contribution is -2.23. The summed E-state index contributed by atoms with van der Waals surface area (Å²) in [5.41, 5.74) is 4.06. The summed E-state index contributed by atoms with van der Waals surface area (Å²) in [5, 5.41) is 7.42. The predicted molar refractivity (Wildman–Crippen MR) is 121 cm³/mol. The van der Waals surface area contributed by atoms with Crippen molar-refractivity contribution >= 4 is 46.9 Å². The Morgan fingerprint density at radius 2 is 1.86 bits per heavy atom. The van der Waals surface area contributed by atoms with Crippen molar-refractivity contribution < 1.29 is 4.79 Å². The van der Waals surface area contributed by atoms with Gasteiger partial charge in [0, 0.05) is 5.69 Å². The number of amides is 1. The lowest BCUT2D eigenvalue weighted by molar-refractivity contribution is -0.115. The Bertz CT molecular complexity index is 1020. The van der Waals surface area contributed by atoms with Gasteiger partial charge in [-0.05, 0) is 55.2 Å². The molecule has 0 aliphatic heterocycles. The maximum absolute atomic E-state index is 12.8. The highest BCUT2D eigenvalue weighted by Crippen LogP contribution is 2.31. The first-order valence-electron chi connectivity index (χ1n) is 9.09.